The van der Waals surface area contributed by atoms with Crippen LogP contribution in [-0.2, 0) is 11.2 Å². The maximum absolute atomic E-state index is 11.8. The molecule has 0 saturated heterocycles. The molecule has 0 aromatic carbocycles. The highest BCUT2D eigenvalue weighted by Crippen LogP contribution is 2.28. The average Bonchev–Trinajstić information content (AvgIpc) is 3.26. The molecular formula is C17H22N4O2. The molecule has 23 heavy (non-hydrogen) atoms. The summed E-state index contributed by atoms with van der Waals surface area (Å²) in [6.45, 7) is 0.540. The molecule has 3 rings (SSSR count). The van der Waals surface area contributed by atoms with E-state index < -0.39 is 0 Å². The fourth-order valence-electron chi connectivity index (χ4n) is 3.00. The molecule has 6 heteroatoms. The molecule has 1 fully saturated rings. The van der Waals surface area contributed by atoms with Crippen molar-refractivity contribution in [3.8, 4) is 11.5 Å². The van der Waals surface area contributed by atoms with E-state index in [-0.39, 0.29) is 5.91 Å². The molecule has 0 bridgehead atoms. The van der Waals surface area contributed by atoms with Crippen molar-refractivity contribution in [2.75, 3.05) is 6.54 Å². The molecule has 0 atom stereocenters. The minimum Gasteiger partial charge on any atom is -0.356 e. The molecule has 2 heterocycles. The van der Waals surface area contributed by atoms with Crippen molar-refractivity contribution in [3.05, 3.63) is 30.4 Å². The fraction of sp³-hybridized carbons (Fsp3) is 0.529. The SMILES string of the molecule is O=C(CCC1CCCC1)NCCc1noc(-c2ccncc2)n1. The predicted octanol–water partition coefficient (Wildman–Crippen LogP) is 2.76. The molecule has 6 nitrogen and oxygen atoms in total. The molecule has 2 aromatic rings. The summed E-state index contributed by atoms with van der Waals surface area (Å²) in [5, 5.41) is 6.87. The molecule has 1 saturated carbocycles. The number of rotatable bonds is 7. The molecule has 2 aromatic heterocycles. The van der Waals surface area contributed by atoms with Gasteiger partial charge in [-0.15, -0.1) is 0 Å². The second-order valence-corrected chi connectivity index (χ2v) is 6.04. The highest BCUT2D eigenvalue weighted by Gasteiger charge is 2.16. The van der Waals surface area contributed by atoms with E-state index in [4.69, 9.17) is 4.52 Å². The van der Waals surface area contributed by atoms with Crippen LogP contribution in [0.15, 0.2) is 29.0 Å². The number of carbonyl (C=O) groups excluding carboxylic acids is 1. The van der Waals surface area contributed by atoms with Crippen LogP contribution in [0.25, 0.3) is 11.5 Å². The lowest BCUT2D eigenvalue weighted by molar-refractivity contribution is -0.121. The Balaban J connectivity index is 1.39. The molecule has 0 spiro atoms. The highest BCUT2D eigenvalue weighted by molar-refractivity contribution is 5.75. The lowest BCUT2D eigenvalue weighted by Gasteiger charge is -2.08. The van der Waals surface area contributed by atoms with Gasteiger partial charge in [0.25, 0.3) is 5.89 Å². The third-order valence-corrected chi connectivity index (χ3v) is 4.32. The van der Waals surface area contributed by atoms with Crippen LogP contribution >= 0.6 is 0 Å². The smallest absolute Gasteiger partial charge is 0.258 e. The number of hydrogen-bond donors (Lipinski definition) is 1. The van der Waals surface area contributed by atoms with E-state index in [2.05, 4.69) is 20.4 Å². The number of nitrogens with one attached hydrogen (secondary N) is 1. The molecule has 0 radical (unpaired) electrons. The van der Waals surface area contributed by atoms with Crippen molar-refractivity contribution < 1.29 is 9.32 Å². The van der Waals surface area contributed by atoms with Gasteiger partial charge in [-0.2, -0.15) is 4.98 Å². The van der Waals surface area contributed by atoms with Gasteiger partial charge in [-0.1, -0.05) is 30.8 Å². The number of hydrogen-bond acceptors (Lipinski definition) is 5. The summed E-state index contributed by atoms with van der Waals surface area (Å²) >= 11 is 0. The highest BCUT2D eigenvalue weighted by atomic mass is 16.5. The Morgan fingerprint density at radius 2 is 2.04 bits per heavy atom. The maximum atomic E-state index is 11.8. The molecular weight excluding hydrogens is 292 g/mol. The van der Waals surface area contributed by atoms with Crippen molar-refractivity contribution in [3.63, 3.8) is 0 Å². The van der Waals surface area contributed by atoms with Gasteiger partial charge in [-0.05, 0) is 24.5 Å². The summed E-state index contributed by atoms with van der Waals surface area (Å²) in [6, 6.07) is 3.64. The Morgan fingerprint density at radius 3 is 2.83 bits per heavy atom. The Bertz CT molecular complexity index is 621. The van der Waals surface area contributed by atoms with E-state index in [1.165, 1.54) is 25.7 Å². The van der Waals surface area contributed by atoms with Gasteiger partial charge in [0, 0.05) is 37.3 Å². The predicted molar refractivity (Wildman–Crippen MR) is 85.4 cm³/mol. The molecule has 1 amide bonds. The van der Waals surface area contributed by atoms with Crippen LogP contribution < -0.4 is 5.32 Å². The summed E-state index contributed by atoms with van der Waals surface area (Å²) in [7, 11) is 0. The van der Waals surface area contributed by atoms with Crippen molar-refractivity contribution in [1.82, 2.24) is 20.4 Å². The van der Waals surface area contributed by atoms with Crippen LogP contribution in [-0.4, -0.2) is 27.6 Å². The number of nitrogens with zero attached hydrogens (tertiary/aromatic N) is 3. The number of amides is 1. The van der Waals surface area contributed by atoms with E-state index in [9.17, 15) is 4.79 Å². The van der Waals surface area contributed by atoms with Gasteiger partial charge in [0.2, 0.25) is 5.91 Å². The van der Waals surface area contributed by atoms with Crippen LogP contribution in [0.4, 0.5) is 0 Å². The van der Waals surface area contributed by atoms with Crippen LogP contribution in [0.1, 0.15) is 44.3 Å². The van der Waals surface area contributed by atoms with E-state index in [0.717, 1.165) is 17.9 Å². The zero-order valence-electron chi connectivity index (χ0n) is 13.2. The van der Waals surface area contributed by atoms with Crippen LogP contribution in [0.2, 0.25) is 0 Å². The fourth-order valence-corrected chi connectivity index (χ4v) is 3.00. The zero-order valence-corrected chi connectivity index (χ0v) is 13.2. The second kappa shape index (κ2) is 7.85. The van der Waals surface area contributed by atoms with E-state index in [0.29, 0.717) is 31.1 Å². The summed E-state index contributed by atoms with van der Waals surface area (Å²) in [5.41, 5.74) is 0.847. The first-order chi connectivity index (χ1) is 11.3. The molecule has 1 aliphatic carbocycles. The van der Waals surface area contributed by atoms with E-state index in [1.807, 2.05) is 12.1 Å². The standard InChI is InChI=1S/C17H22N4O2/c22-16(6-5-13-3-1-2-4-13)19-12-9-15-20-17(23-21-15)14-7-10-18-11-8-14/h7-8,10-11,13H,1-6,9,12H2,(H,19,22). The van der Waals surface area contributed by atoms with Gasteiger partial charge in [0.1, 0.15) is 0 Å². The average molecular weight is 314 g/mol. The number of aromatic nitrogens is 3. The van der Waals surface area contributed by atoms with Crippen LogP contribution in [0, 0.1) is 5.92 Å². The van der Waals surface area contributed by atoms with Crippen molar-refractivity contribution in [2.24, 2.45) is 5.92 Å². The Hall–Kier alpha value is -2.24. The first-order valence-electron chi connectivity index (χ1n) is 8.31. The molecule has 1 aliphatic rings. The normalized spacial score (nSPS) is 15.0. The van der Waals surface area contributed by atoms with Gasteiger partial charge in [-0.3, -0.25) is 9.78 Å². The monoisotopic (exact) mass is 314 g/mol. The van der Waals surface area contributed by atoms with E-state index in [1.54, 1.807) is 12.4 Å². The van der Waals surface area contributed by atoms with Crippen molar-refractivity contribution in [1.29, 1.82) is 0 Å². The van der Waals surface area contributed by atoms with Gasteiger partial charge >= 0.3 is 0 Å². The zero-order chi connectivity index (χ0) is 15.9. The largest absolute Gasteiger partial charge is 0.356 e. The maximum Gasteiger partial charge on any atom is 0.258 e. The molecule has 0 aliphatic heterocycles. The van der Waals surface area contributed by atoms with E-state index >= 15 is 0 Å². The molecule has 1 N–H and O–H groups in total. The Labute approximate surface area is 135 Å². The summed E-state index contributed by atoms with van der Waals surface area (Å²) in [6.07, 6.45) is 10.8. The van der Waals surface area contributed by atoms with Gasteiger partial charge in [0.15, 0.2) is 5.82 Å². The lowest BCUT2D eigenvalue weighted by Crippen LogP contribution is -2.26. The third kappa shape index (κ3) is 4.61. The first-order valence-corrected chi connectivity index (χ1v) is 8.31. The minimum atomic E-state index is 0.120. The summed E-state index contributed by atoms with van der Waals surface area (Å²) in [5.74, 6) is 1.96. The summed E-state index contributed by atoms with van der Waals surface area (Å²) in [4.78, 5) is 20.1. The van der Waals surface area contributed by atoms with Crippen LogP contribution in [0.3, 0.4) is 0 Å². The van der Waals surface area contributed by atoms with Crippen molar-refractivity contribution >= 4 is 5.91 Å². The van der Waals surface area contributed by atoms with Crippen molar-refractivity contribution in [2.45, 2.75) is 44.9 Å². The first kappa shape index (κ1) is 15.6. The number of carbonyl (C=O) groups is 1. The number of pyridine rings is 1. The molecule has 0 unspecified atom stereocenters. The van der Waals surface area contributed by atoms with Gasteiger partial charge in [0.05, 0.1) is 0 Å². The van der Waals surface area contributed by atoms with Crippen LogP contribution in [0.5, 0.6) is 0 Å². The van der Waals surface area contributed by atoms with Gasteiger partial charge in [-0.25, -0.2) is 0 Å². The molecule has 122 valence electrons. The van der Waals surface area contributed by atoms with Gasteiger partial charge < -0.3 is 9.84 Å². The summed E-state index contributed by atoms with van der Waals surface area (Å²) < 4.78 is 5.22. The lowest BCUT2D eigenvalue weighted by atomic mass is 10.0. The Morgan fingerprint density at radius 1 is 1.26 bits per heavy atom. The Kier molecular flexibility index (Phi) is 5.34. The topological polar surface area (TPSA) is 80.9 Å². The minimum absolute atomic E-state index is 0.120. The quantitative estimate of drug-likeness (QED) is 0.850. The third-order valence-electron chi connectivity index (χ3n) is 4.32. The second-order valence-electron chi connectivity index (χ2n) is 6.04.